The maximum atomic E-state index is 6.16. The van der Waals surface area contributed by atoms with Gasteiger partial charge in [0, 0.05) is 4.47 Å². The minimum absolute atomic E-state index is 0.0159. The maximum Gasteiger partial charge on any atom is 0.249 e. The van der Waals surface area contributed by atoms with Gasteiger partial charge in [0.15, 0.2) is 0 Å². The number of nitrogens with zero attached hydrogens (tertiary/aromatic N) is 2. The first kappa shape index (κ1) is 12.5. The molecule has 90 valence electrons. The molecule has 1 unspecified atom stereocenters. The first-order chi connectivity index (χ1) is 8.13. The number of benzene rings is 1. The van der Waals surface area contributed by atoms with Crippen molar-refractivity contribution >= 4 is 27.5 Å². The lowest BCUT2D eigenvalue weighted by Gasteiger charge is -2.03. The molecular formula is C11H11BrClN3O. The highest BCUT2D eigenvalue weighted by Crippen LogP contribution is 2.33. The van der Waals surface area contributed by atoms with E-state index in [1.54, 1.807) is 0 Å². The lowest BCUT2D eigenvalue weighted by molar-refractivity contribution is 0.441. The molecule has 0 amide bonds. The maximum absolute atomic E-state index is 6.16. The summed E-state index contributed by atoms with van der Waals surface area (Å²) in [6, 6.07) is 5.59. The summed E-state index contributed by atoms with van der Waals surface area (Å²) in [5.74, 6) is 0.965. The molecule has 17 heavy (non-hydrogen) atoms. The van der Waals surface area contributed by atoms with Crippen LogP contribution < -0.4 is 5.32 Å². The van der Waals surface area contributed by atoms with Gasteiger partial charge in [-0.1, -0.05) is 17.7 Å². The molecule has 0 saturated heterocycles. The number of hydrogen-bond donors (Lipinski definition) is 1. The van der Waals surface area contributed by atoms with Crippen molar-refractivity contribution in [3.63, 3.8) is 0 Å². The van der Waals surface area contributed by atoms with Crippen LogP contribution in [0.2, 0.25) is 5.02 Å². The Morgan fingerprint density at radius 1 is 1.41 bits per heavy atom. The molecule has 2 rings (SSSR count). The molecule has 1 atom stereocenters. The van der Waals surface area contributed by atoms with Crippen LogP contribution in [0, 0.1) is 0 Å². The zero-order valence-corrected chi connectivity index (χ0v) is 11.7. The minimum atomic E-state index is 0.0159. The monoisotopic (exact) mass is 315 g/mol. The van der Waals surface area contributed by atoms with Gasteiger partial charge in [-0.25, -0.2) is 0 Å². The Morgan fingerprint density at radius 3 is 2.88 bits per heavy atom. The van der Waals surface area contributed by atoms with E-state index in [0.717, 1.165) is 10.0 Å². The number of aromatic nitrogens is 2. The van der Waals surface area contributed by atoms with Gasteiger partial charge in [-0.2, -0.15) is 0 Å². The normalized spacial score (nSPS) is 12.7. The molecular weight excluding hydrogens is 305 g/mol. The van der Waals surface area contributed by atoms with Crippen LogP contribution in [0.5, 0.6) is 0 Å². The van der Waals surface area contributed by atoms with E-state index in [1.165, 1.54) is 0 Å². The molecule has 1 heterocycles. The van der Waals surface area contributed by atoms with E-state index in [1.807, 2.05) is 32.2 Å². The Balaban J connectivity index is 2.40. The lowest BCUT2D eigenvalue weighted by atomic mass is 10.2. The van der Waals surface area contributed by atoms with Crippen molar-refractivity contribution in [1.29, 1.82) is 0 Å². The molecule has 0 aliphatic rings. The minimum Gasteiger partial charge on any atom is -0.419 e. The van der Waals surface area contributed by atoms with Gasteiger partial charge in [-0.15, -0.1) is 10.2 Å². The highest BCUT2D eigenvalue weighted by molar-refractivity contribution is 9.10. The highest BCUT2D eigenvalue weighted by atomic mass is 79.9. The topological polar surface area (TPSA) is 51.0 Å². The van der Waals surface area contributed by atoms with Gasteiger partial charge in [-0.05, 0) is 42.0 Å². The van der Waals surface area contributed by atoms with Gasteiger partial charge in [0.2, 0.25) is 11.8 Å². The second-order valence-electron chi connectivity index (χ2n) is 3.56. The van der Waals surface area contributed by atoms with Crippen molar-refractivity contribution in [2.45, 2.75) is 13.0 Å². The largest absolute Gasteiger partial charge is 0.419 e. The van der Waals surface area contributed by atoms with Crippen LogP contribution in [-0.2, 0) is 0 Å². The molecule has 0 radical (unpaired) electrons. The van der Waals surface area contributed by atoms with E-state index in [9.17, 15) is 0 Å². The van der Waals surface area contributed by atoms with Gasteiger partial charge in [0.05, 0.1) is 16.6 Å². The quantitative estimate of drug-likeness (QED) is 0.942. The fourth-order valence-electron chi connectivity index (χ4n) is 1.31. The van der Waals surface area contributed by atoms with Crippen molar-refractivity contribution in [2.24, 2.45) is 0 Å². The number of halogens is 2. The summed E-state index contributed by atoms with van der Waals surface area (Å²) >= 11 is 9.52. The summed E-state index contributed by atoms with van der Waals surface area (Å²) < 4.78 is 6.37. The van der Waals surface area contributed by atoms with E-state index in [4.69, 9.17) is 16.0 Å². The smallest absolute Gasteiger partial charge is 0.249 e. The zero-order chi connectivity index (χ0) is 12.4. The molecule has 0 spiro atoms. The summed E-state index contributed by atoms with van der Waals surface area (Å²) in [4.78, 5) is 0. The summed E-state index contributed by atoms with van der Waals surface area (Å²) in [6.45, 7) is 1.94. The third-order valence-electron chi connectivity index (χ3n) is 2.43. The van der Waals surface area contributed by atoms with Crippen molar-refractivity contribution < 1.29 is 4.42 Å². The Labute approximate surface area is 113 Å². The molecule has 1 aromatic heterocycles. The number of nitrogens with one attached hydrogen (secondary N) is 1. The van der Waals surface area contributed by atoms with Gasteiger partial charge >= 0.3 is 0 Å². The molecule has 4 nitrogen and oxygen atoms in total. The summed E-state index contributed by atoms with van der Waals surface area (Å²) in [5.41, 5.74) is 0.725. The Kier molecular flexibility index (Phi) is 3.81. The van der Waals surface area contributed by atoms with Crippen LogP contribution in [0.15, 0.2) is 27.1 Å². The van der Waals surface area contributed by atoms with Crippen LogP contribution in [0.3, 0.4) is 0 Å². The number of hydrogen-bond acceptors (Lipinski definition) is 4. The fourth-order valence-corrected chi connectivity index (χ4v) is 1.88. The van der Waals surface area contributed by atoms with Crippen LogP contribution in [0.25, 0.3) is 11.5 Å². The second-order valence-corrected chi connectivity index (χ2v) is 4.79. The molecule has 1 N–H and O–H groups in total. The molecule has 6 heteroatoms. The third kappa shape index (κ3) is 2.51. The average Bonchev–Trinajstić information content (AvgIpc) is 2.81. The van der Waals surface area contributed by atoms with Crippen LogP contribution in [0.4, 0.5) is 0 Å². The summed E-state index contributed by atoms with van der Waals surface area (Å²) in [7, 11) is 1.83. The predicted molar refractivity (Wildman–Crippen MR) is 69.9 cm³/mol. The standard InChI is InChI=1S/C11H11BrClN3O/c1-6(14-2)10-15-16-11(17-10)7-4-3-5-8(12)9(7)13/h3-6,14H,1-2H3. The van der Waals surface area contributed by atoms with Gasteiger partial charge in [-0.3, -0.25) is 0 Å². The molecule has 0 fully saturated rings. The van der Waals surface area contributed by atoms with Crippen molar-refractivity contribution in [2.75, 3.05) is 7.05 Å². The Bertz CT molecular complexity index is 529. The molecule has 0 aliphatic heterocycles. The number of rotatable bonds is 3. The molecule has 0 bridgehead atoms. The first-order valence-corrected chi connectivity index (χ1v) is 6.25. The van der Waals surface area contributed by atoms with Gasteiger partial charge < -0.3 is 9.73 Å². The van der Waals surface area contributed by atoms with Crippen molar-refractivity contribution in [3.05, 3.63) is 33.6 Å². The van der Waals surface area contributed by atoms with E-state index >= 15 is 0 Å². The molecule has 0 saturated carbocycles. The molecule has 1 aromatic carbocycles. The van der Waals surface area contributed by atoms with E-state index in [2.05, 4.69) is 31.4 Å². The second kappa shape index (κ2) is 5.16. The molecule has 0 aliphatic carbocycles. The summed E-state index contributed by atoms with van der Waals surface area (Å²) in [5, 5.41) is 11.6. The predicted octanol–water partition coefficient (Wildman–Crippen LogP) is 3.43. The first-order valence-electron chi connectivity index (χ1n) is 5.08. The average molecular weight is 317 g/mol. The van der Waals surface area contributed by atoms with E-state index in [-0.39, 0.29) is 6.04 Å². The van der Waals surface area contributed by atoms with E-state index in [0.29, 0.717) is 16.8 Å². The molecule has 2 aromatic rings. The van der Waals surface area contributed by atoms with Gasteiger partial charge in [0.25, 0.3) is 0 Å². The van der Waals surface area contributed by atoms with Gasteiger partial charge in [0.1, 0.15) is 0 Å². The fraction of sp³-hybridized carbons (Fsp3) is 0.273. The van der Waals surface area contributed by atoms with Crippen molar-refractivity contribution in [1.82, 2.24) is 15.5 Å². The van der Waals surface area contributed by atoms with Crippen LogP contribution >= 0.6 is 27.5 Å². The van der Waals surface area contributed by atoms with Crippen molar-refractivity contribution in [3.8, 4) is 11.5 Å². The Hall–Kier alpha value is -0.910. The van der Waals surface area contributed by atoms with E-state index < -0.39 is 0 Å². The Morgan fingerprint density at radius 2 is 2.18 bits per heavy atom. The highest BCUT2D eigenvalue weighted by Gasteiger charge is 2.16. The SMILES string of the molecule is CNC(C)c1nnc(-c2cccc(Br)c2Cl)o1. The van der Waals surface area contributed by atoms with Crippen LogP contribution in [0.1, 0.15) is 18.9 Å². The zero-order valence-electron chi connectivity index (χ0n) is 9.37. The van der Waals surface area contributed by atoms with Crippen LogP contribution in [-0.4, -0.2) is 17.2 Å². The third-order valence-corrected chi connectivity index (χ3v) is 3.72. The summed E-state index contributed by atoms with van der Waals surface area (Å²) in [6.07, 6.45) is 0. The lowest BCUT2D eigenvalue weighted by Crippen LogP contribution is -2.12.